The molecule has 1 aromatic rings. The van der Waals surface area contributed by atoms with E-state index in [2.05, 4.69) is 14.9 Å². The molecule has 1 aromatic heterocycles. The summed E-state index contributed by atoms with van der Waals surface area (Å²) in [7, 11) is 0. The third kappa shape index (κ3) is 5.22. The van der Waals surface area contributed by atoms with E-state index in [1.165, 1.54) is 0 Å². The van der Waals surface area contributed by atoms with Crippen LogP contribution >= 0.6 is 11.5 Å². The number of rotatable bonds is 9. The fraction of sp³-hybridized carbons (Fsp3) is 0.750. The number of carbonyl (C=O) groups excluding carboxylic acids is 1. The Bertz CT molecular complexity index is 378. The van der Waals surface area contributed by atoms with Crippen molar-refractivity contribution in [3.63, 3.8) is 0 Å². The van der Waals surface area contributed by atoms with Crippen LogP contribution in [-0.4, -0.2) is 41.5 Å². The minimum absolute atomic E-state index is 0.164. The van der Waals surface area contributed by atoms with Gasteiger partial charge in [-0.2, -0.15) is 0 Å². The minimum atomic E-state index is -0.408. The third-order valence-corrected chi connectivity index (χ3v) is 3.15. The molecule has 0 aromatic carbocycles. The molecular weight excluding hydrogens is 266 g/mol. The highest BCUT2D eigenvalue weighted by atomic mass is 32.1. The molecule has 108 valence electrons. The van der Waals surface area contributed by atoms with Crippen molar-refractivity contribution in [1.29, 1.82) is 0 Å². The zero-order chi connectivity index (χ0) is 14.1. The first-order valence-corrected chi connectivity index (χ1v) is 7.32. The fourth-order valence-corrected chi connectivity index (χ4v) is 2.20. The number of carbonyl (C=O) groups is 1. The second kappa shape index (κ2) is 8.95. The van der Waals surface area contributed by atoms with Crippen molar-refractivity contribution in [1.82, 2.24) is 14.9 Å². The standard InChI is InChI=1S/C12H21N3O3S/c1-4-7-9-11(19-15-14-9)12(16)13-8-10(17-5-2)18-6-3/h10H,4-8H2,1-3H3,(H,13,16). The Hall–Kier alpha value is -1.05. The predicted octanol–water partition coefficient (Wildman–Crippen LogP) is 1.62. The summed E-state index contributed by atoms with van der Waals surface area (Å²) in [5.74, 6) is -0.164. The van der Waals surface area contributed by atoms with E-state index in [1.54, 1.807) is 0 Å². The van der Waals surface area contributed by atoms with Gasteiger partial charge in [-0.3, -0.25) is 4.79 Å². The lowest BCUT2D eigenvalue weighted by Gasteiger charge is -2.17. The zero-order valence-corrected chi connectivity index (χ0v) is 12.5. The third-order valence-electron chi connectivity index (χ3n) is 2.38. The van der Waals surface area contributed by atoms with Crippen LogP contribution in [0.4, 0.5) is 0 Å². The summed E-state index contributed by atoms with van der Waals surface area (Å²) in [5, 5.41) is 6.77. The Morgan fingerprint density at radius 2 is 2.00 bits per heavy atom. The molecular formula is C12H21N3O3S. The van der Waals surface area contributed by atoms with Crippen LogP contribution in [0.3, 0.4) is 0 Å². The van der Waals surface area contributed by atoms with E-state index >= 15 is 0 Å². The molecule has 0 saturated heterocycles. The molecule has 1 rings (SSSR count). The highest BCUT2D eigenvalue weighted by molar-refractivity contribution is 7.08. The van der Waals surface area contributed by atoms with Crippen LogP contribution in [0.15, 0.2) is 0 Å². The first kappa shape index (κ1) is 16.0. The molecule has 0 saturated carbocycles. The van der Waals surface area contributed by atoms with Crippen molar-refractivity contribution >= 4 is 17.4 Å². The number of amides is 1. The molecule has 0 fully saturated rings. The van der Waals surface area contributed by atoms with Gasteiger partial charge in [-0.05, 0) is 31.8 Å². The number of aromatic nitrogens is 2. The second-order valence-corrected chi connectivity index (χ2v) is 4.60. The average Bonchev–Trinajstić information content (AvgIpc) is 2.85. The van der Waals surface area contributed by atoms with Gasteiger partial charge in [0, 0.05) is 13.2 Å². The Labute approximate surface area is 117 Å². The monoisotopic (exact) mass is 287 g/mol. The Morgan fingerprint density at radius 1 is 1.32 bits per heavy atom. The largest absolute Gasteiger partial charge is 0.351 e. The maximum absolute atomic E-state index is 12.0. The molecule has 1 amide bonds. The van der Waals surface area contributed by atoms with Gasteiger partial charge in [0.2, 0.25) is 0 Å². The summed E-state index contributed by atoms with van der Waals surface area (Å²) in [6, 6.07) is 0. The van der Waals surface area contributed by atoms with E-state index in [0.717, 1.165) is 30.1 Å². The van der Waals surface area contributed by atoms with Crippen LogP contribution in [0, 0.1) is 0 Å². The molecule has 0 aliphatic carbocycles. The maximum Gasteiger partial charge on any atom is 0.265 e. The van der Waals surface area contributed by atoms with Gasteiger partial charge in [0.05, 0.1) is 12.2 Å². The summed E-state index contributed by atoms with van der Waals surface area (Å²) in [5.41, 5.74) is 0.759. The molecule has 0 atom stereocenters. The molecule has 1 heterocycles. The zero-order valence-electron chi connectivity index (χ0n) is 11.6. The van der Waals surface area contributed by atoms with E-state index in [9.17, 15) is 4.79 Å². The lowest BCUT2D eigenvalue weighted by Crippen LogP contribution is -2.35. The normalized spacial score (nSPS) is 10.9. The van der Waals surface area contributed by atoms with Crippen molar-refractivity contribution in [2.45, 2.75) is 39.9 Å². The Morgan fingerprint density at radius 3 is 2.58 bits per heavy atom. The summed E-state index contributed by atoms with van der Waals surface area (Å²) < 4.78 is 14.6. The molecule has 0 spiro atoms. The SMILES string of the molecule is CCCc1nnsc1C(=O)NCC(OCC)OCC. The molecule has 0 aliphatic rings. The van der Waals surface area contributed by atoms with Crippen LogP contribution in [0.25, 0.3) is 0 Å². The Balaban J connectivity index is 2.51. The molecule has 7 heteroatoms. The molecule has 0 aliphatic heterocycles. The molecule has 1 N–H and O–H groups in total. The molecule has 0 unspecified atom stereocenters. The summed E-state index contributed by atoms with van der Waals surface area (Å²) in [6.07, 6.45) is 1.29. The maximum atomic E-state index is 12.0. The van der Waals surface area contributed by atoms with Crippen LogP contribution < -0.4 is 5.32 Å². The lowest BCUT2D eigenvalue weighted by molar-refractivity contribution is -0.131. The van der Waals surface area contributed by atoms with Crippen molar-refractivity contribution in [3.8, 4) is 0 Å². The minimum Gasteiger partial charge on any atom is -0.351 e. The quantitative estimate of drug-likeness (QED) is 0.699. The highest BCUT2D eigenvalue weighted by Crippen LogP contribution is 2.12. The van der Waals surface area contributed by atoms with Gasteiger partial charge in [-0.1, -0.05) is 17.8 Å². The van der Waals surface area contributed by atoms with Gasteiger partial charge < -0.3 is 14.8 Å². The van der Waals surface area contributed by atoms with Crippen LogP contribution in [0.5, 0.6) is 0 Å². The number of nitrogens with zero attached hydrogens (tertiary/aromatic N) is 2. The first-order valence-electron chi connectivity index (χ1n) is 6.55. The highest BCUT2D eigenvalue weighted by Gasteiger charge is 2.17. The van der Waals surface area contributed by atoms with Crippen molar-refractivity contribution in [3.05, 3.63) is 10.6 Å². The van der Waals surface area contributed by atoms with Gasteiger partial charge in [-0.15, -0.1) is 5.10 Å². The fourth-order valence-electron chi connectivity index (χ4n) is 1.58. The van der Waals surface area contributed by atoms with Gasteiger partial charge in [0.1, 0.15) is 4.88 Å². The molecule has 6 nitrogen and oxygen atoms in total. The van der Waals surface area contributed by atoms with E-state index < -0.39 is 6.29 Å². The van der Waals surface area contributed by atoms with Gasteiger partial charge in [-0.25, -0.2) is 0 Å². The second-order valence-electron chi connectivity index (χ2n) is 3.85. The predicted molar refractivity (Wildman–Crippen MR) is 73.3 cm³/mol. The average molecular weight is 287 g/mol. The first-order chi connectivity index (χ1) is 9.22. The van der Waals surface area contributed by atoms with Crippen LogP contribution in [0.1, 0.15) is 42.6 Å². The summed E-state index contributed by atoms with van der Waals surface area (Å²) in [4.78, 5) is 12.6. The van der Waals surface area contributed by atoms with Gasteiger partial charge >= 0.3 is 0 Å². The number of nitrogens with one attached hydrogen (secondary N) is 1. The van der Waals surface area contributed by atoms with Gasteiger partial charge in [0.15, 0.2) is 6.29 Å². The molecule has 0 radical (unpaired) electrons. The van der Waals surface area contributed by atoms with E-state index in [4.69, 9.17) is 9.47 Å². The van der Waals surface area contributed by atoms with Crippen molar-refractivity contribution < 1.29 is 14.3 Å². The van der Waals surface area contributed by atoms with Crippen LogP contribution in [-0.2, 0) is 15.9 Å². The number of hydrogen-bond donors (Lipinski definition) is 1. The number of ether oxygens (including phenoxy) is 2. The topological polar surface area (TPSA) is 73.3 Å². The molecule has 0 bridgehead atoms. The van der Waals surface area contributed by atoms with E-state index in [1.807, 2.05) is 20.8 Å². The van der Waals surface area contributed by atoms with Crippen molar-refractivity contribution in [2.75, 3.05) is 19.8 Å². The molecule has 19 heavy (non-hydrogen) atoms. The van der Waals surface area contributed by atoms with E-state index in [0.29, 0.717) is 24.6 Å². The lowest BCUT2D eigenvalue weighted by atomic mass is 10.2. The Kier molecular flexibility index (Phi) is 7.54. The smallest absolute Gasteiger partial charge is 0.265 e. The summed E-state index contributed by atoms with van der Waals surface area (Å²) >= 11 is 1.12. The number of aryl methyl sites for hydroxylation is 1. The van der Waals surface area contributed by atoms with Gasteiger partial charge in [0.25, 0.3) is 5.91 Å². The number of hydrogen-bond acceptors (Lipinski definition) is 6. The van der Waals surface area contributed by atoms with Crippen molar-refractivity contribution in [2.24, 2.45) is 0 Å². The van der Waals surface area contributed by atoms with E-state index in [-0.39, 0.29) is 5.91 Å². The van der Waals surface area contributed by atoms with Crippen LogP contribution in [0.2, 0.25) is 0 Å². The summed E-state index contributed by atoms with van der Waals surface area (Å²) in [6.45, 7) is 7.24.